The second kappa shape index (κ2) is 15.3. The first-order chi connectivity index (χ1) is 24.1. The molecule has 5 bridgehead atoms. The topological polar surface area (TPSA) is 129 Å². The zero-order chi connectivity index (χ0) is 35.6. The van der Waals surface area contributed by atoms with Crippen molar-refractivity contribution in [3.63, 3.8) is 0 Å². The Balaban J connectivity index is 1.42. The lowest BCUT2D eigenvalue weighted by Gasteiger charge is -2.39. The molecule has 12 heteroatoms. The van der Waals surface area contributed by atoms with E-state index in [0.29, 0.717) is 39.1 Å². The van der Waals surface area contributed by atoms with Gasteiger partial charge in [-0.15, -0.1) is 0 Å². The monoisotopic (exact) mass is 692 g/mol. The molecule has 1 aromatic rings. The van der Waals surface area contributed by atoms with Crippen molar-refractivity contribution >= 4 is 23.7 Å². The predicted molar refractivity (Wildman–Crippen MR) is 184 cm³/mol. The number of aliphatic hydroxyl groups excluding tert-OH is 1. The molecule has 0 aliphatic carbocycles. The van der Waals surface area contributed by atoms with Crippen molar-refractivity contribution < 1.29 is 38.5 Å². The molecule has 1 aromatic carbocycles. The van der Waals surface area contributed by atoms with Gasteiger partial charge in [0.25, 0.3) is 0 Å². The zero-order valence-corrected chi connectivity index (χ0v) is 29.7. The maximum Gasteiger partial charge on any atom is 0.313 e. The first-order valence-electron chi connectivity index (χ1n) is 18.1. The van der Waals surface area contributed by atoms with Crippen molar-refractivity contribution in [3.8, 4) is 0 Å². The van der Waals surface area contributed by atoms with Crippen LogP contribution < -0.4 is 0 Å². The summed E-state index contributed by atoms with van der Waals surface area (Å²) < 4.78 is 18.5. The van der Waals surface area contributed by atoms with Gasteiger partial charge in [0.2, 0.25) is 17.7 Å². The van der Waals surface area contributed by atoms with E-state index >= 15 is 0 Å². The summed E-state index contributed by atoms with van der Waals surface area (Å²) in [6.45, 7) is 9.59. The Labute approximate surface area is 295 Å². The largest absolute Gasteiger partial charge is 0.455 e. The van der Waals surface area contributed by atoms with Crippen LogP contribution in [0.15, 0.2) is 54.6 Å². The highest BCUT2D eigenvalue weighted by molar-refractivity contribution is 5.99. The van der Waals surface area contributed by atoms with Gasteiger partial charge in [0.1, 0.15) is 23.7 Å². The lowest BCUT2D eigenvalue weighted by Crippen LogP contribution is -2.59. The first-order valence-corrected chi connectivity index (χ1v) is 18.1. The van der Waals surface area contributed by atoms with E-state index in [1.54, 1.807) is 29.0 Å². The van der Waals surface area contributed by atoms with Gasteiger partial charge < -0.3 is 34.0 Å². The second-order valence-corrected chi connectivity index (χ2v) is 14.7. The number of rotatable bonds is 8. The Morgan fingerprint density at radius 1 is 1.00 bits per heavy atom. The lowest BCUT2D eigenvalue weighted by atomic mass is 9.74. The third kappa shape index (κ3) is 6.87. The van der Waals surface area contributed by atoms with Gasteiger partial charge >= 0.3 is 5.97 Å². The maximum atomic E-state index is 15.0. The standard InChI is InChI=1S/C38H52N4O8/c1-25(2)23-28(24-43)42-34-36(46)41(18-17-40-19-21-48-22-20-40)16-10-6-9-13-30(44)39(4)26(3)33(27-11-7-5-8-12-27)49-37(47)31-29-14-15-38(34,50-29)32(31)35(42)45/h5-8,10-12,14-15,25-26,28-29,31-34,43H,9,13,16-24H2,1-4H3/b10-6-/t26-,28-,29+,31-,32-,33+,34+,38-/m1/s1. The number of hydrogen-bond acceptors (Lipinski definition) is 9. The summed E-state index contributed by atoms with van der Waals surface area (Å²) in [5, 5.41) is 10.7. The highest BCUT2D eigenvalue weighted by Crippen LogP contribution is 2.56. The fraction of sp³-hybridized carbons (Fsp3) is 0.632. The van der Waals surface area contributed by atoms with Gasteiger partial charge in [0, 0.05) is 46.2 Å². The van der Waals surface area contributed by atoms with E-state index in [2.05, 4.69) is 4.90 Å². The quantitative estimate of drug-likeness (QED) is 0.322. The second-order valence-electron chi connectivity index (χ2n) is 14.7. The van der Waals surface area contributed by atoms with E-state index < -0.39 is 59.6 Å². The van der Waals surface area contributed by atoms with E-state index in [1.807, 2.05) is 63.3 Å². The molecule has 1 N–H and O–H groups in total. The Morgan fingerprint density at radius 2 is 1.74 bits per heavy atom. The van der Waals surface area contributed by atoms with Crippen LogP contribution in [0.1, 0.15) is 51.7 Å². The molecular weight excluding hydrogens is 640 g/mol. The van der Waals surface area contributed by atoms with Crippen molar-refractivity contribution in [1.82, 2.24) is 19.6 Å². The van der Waals surface area contributed by atoms with E-state index in [0.717, 1.165) is 18.7 Å². The number of carbonyl (C=O) groups excluding carboxylic acids is 4. The molecule has 5 aliphatic rings. The summed E-state index contributed by atoms with van der Waals surface area (Å²) in [7, 11) is 1.71. The number of aliphatic hydroxyl groups is 1. The van der Waals surface area contributed by atoms with Crippen molar-refractivity contribution in [1.29, 1.82) is 0 Å². The molecule has 1 spiro atoms. The van der Waals surface area contributed by atoms with Gasteiger partial charge in [-0.2, -0.15) is 0 Å². The Hall–Kier alpha value is -3.58. The van der Waals surface area contributed by atoms with Gasteiger partial charge in [0.05, 0.1) is 43.9 Å². The fourth-order valence-electron chi connectivity index (χ4n) is 8.35. The smallest absolute Gasteiger partial charge is 0.313 e. The normalized spacial score (nSPS) is 33.7. The summed E-state index contributed by atoms with van der Waals surface area (Å²) in [6, 6.07) is 7.05. The van der Waals surface area contributed by atoms with Crippen LogP contribution in [0, 0.1) is 17.8 Å². The summed E-state index contributed by atoms with van der Waals surface area (Å²) in [6.07, 6.45) is 7.01. The minimum atomic E-state index is -1.40. The molecule has 50 heavy (non-hydrogen) atoms. The Kier molecular flexibility index (Phi) is 11.1. The highest BCUT2D eigenvalue weighted by Gasteiger charge is 2.74. The molecule has 3 amide bonds. The molecule has 8 atom stereocenters. The van der Waals surface area contributed by atoms with Crippen LogP contribution in [0.2, 0.25) is 0 Å². The van der Waals surface area contributed by atoms with Crippen LogP contribution in [0.4, 0.5) is 0 Å². The summed E-state index contributed by atoms with van der Waals surface area (Å²) in [4.78, 5) is 64.7. The molecular formula is C38H52N4O8. The number of benzene rings is 1. The highest BCUT2D eigenvalue weighted by atomic mass is 16.6. The number of nitrogens with zero attached hydrogens (tertiary/aromatic N) is 4. The van der Waals surface area contributed by atoms with Crippen molar-refractivity contribution in [2.75, 3.05) is 59.6 Å². The summed E-state index contributed by atoms with van der Waals surface area (Å²) in [5.41, 5.74) is -0.677. The molecule has 0 saturated carbocycles. The molecule has 5 aliphatic heterocycles. The molecule has 0 radical (unpaired) electrons. The number of esters is 1. The molecule has 0 aromatic heterocycles. The van der Waals surface area contributed by atoms with E-state index in [-0.39, 0.29) is 37.3 Å². The third-order valence-electron chi connectivity index (χ3n) is 11.1. The van der Waals surface area contributed by atoms with Crippen LogP contribution in [0.5, 0.6) is 0 Å². The van der Waals surface area contributed by atoms with E-state index in [9.17, 15) is 24.3 Å². The Morgan fingerprint density at radius 3 is 2.44 bits per heavy atom. The molecule has 6 rings (SSSR count). The molecule has 12 nitrogen and oxygen atoms in total. The van der Waals surface area contributed by atoms with Crippen LogP contribution in [0.25, 0.3) is 0 Å². The number of allylic oxidation sites excluding steroid dienone is 1. The molecule has 0 unspecified atom stereocenters. The molecule has 5 heterocycles. The van der Waals surface area contributed by atoms with Gasteiger partial charge in [0.15, 0.2) is 0 Å². The molecule has 3 saturated heterocycles. The van der Waals surface area contributed by atoms with Crippen molar-refractivity contribution in [2.24, 2.45) is 17.8 Å². The summed E-state index contributed by atoms with van der Waals surface area (Å²) >= 11 is 0. The van der Waals surface area contributed by atoms with Gasteiger partial charge in [-0.25, -0.2) is 0 Å². The number of morpholine rings is 1. The third-order valence-corrected chi connectivity index (χ3v) is 11.1. The number of fused-ring (bicyclic) bond motifs is 2. The Bertz CT molecular complexity index is 1460. The number of amides is 3. The average molecular weight is 693 g/mol. The van der Waals surface area contributed by atoms with Crippen LogP contribution in [0.3, 0.4) is 0 Å². The SMILES string of the molecule is CC(C)C[C@H](CO)N1C(=O)[C@H]2[C@@H]3C(=O)O[C@H](c4ccccc4)[C@@H](C)N(C)C(=O)CC/C=C\CN(CCN4CCOCC4)C(=O)[C@H]1[C@@]21C=C[C@@H]3O1. The zero-order valence-electron chi connectivity index (χ0n) is 29.7. The summed E-state index contributed by atoms with van der Waals surface area (Å²) in [5.74, 6) is -3.30. The molecule has 3 fully saturated rings. The lowest BCUT2D eigenvalue weighted by molar-refractivity contribution is -0.164. The maximum absolute atomic E-state index is 15.0. The number of likely N-dealkylation sites (N-methyl/N-ethyl adjacent to an activating group) is 1. The fourth-order valence-corrected chi connectivity index (χ4v) is 8.35. The number of cyclic esters (lactones) is 1. The minimum Gasteiger partial charge on any atom is -0.455 e. The minimum absolute atomic E-state index is 0.0982. The van der Waals surface area contributed by atoms with Gasteiger partial charge in [-0.05, 0) is 31.2 Å². The van der Waals surface area contributed by atoms with Crippen molar-refractivity contribution in [2.45, 2.75) is 76.0 Å². The van der Waals surface area contributed by atoms with E-state index in [4.69, 9.17) is 14.2 Å². The number of carbonyl (C=O) groups is 4. The average Bonchev–Trinajstić information content (AvgIpc) is 3.77. The number of hydrogen-bond donors (Lipinski definition) is 1. The number of likely N-dealkylation sites (tertiary alicyclic amines) is 1. The van der Waals surface area contributed by atoms with Gasteiger partial charge in [-0.1, -0.05) is 68.5 Å². The van der Waals surface area contributed by atoms with Crippen LogP contribution in [-0.2, 0) is 33.4 Å². The first kappa shape index (κ1) is 36.2. The van der Waals surface area contributed by atoms with Crippen molar-refractivity contribution in [3.05, 3.63) is 60.2 Å². The molecule has 272 valence electrons. The van der Waals surface area contributed by atoms with Crippen LogP contribution in [-0.4, -0.2) is 138 Å². The number of ether oxygens (including phenoxy) is 3. The van der Waals surface area contributed by atoms with Gasteiger partial charge in [-0.3, -0.25) is 24.1 Å². The van der Waals surface area contributed by atoms with E-state index in [1.165, 1.54) is 4.90 Å². The van der Waals surface area contributed by atoms with Crippen LogP contribution >= 0.6 is 0 Å². The predicted octanol–water partition coefficient (Wildman–Crippen LogP) is 2.19.